The van der Waals surface area contributed by atoms with Gasteiger partial charge in [0, 0.05) is 11.6 Å². The number of halogens is 1. The Morgan fingerprint density at radius 3 is 2.80 bits per heavy atom. The average molecular weight is 209 g/mol. The van der Waals surface area contributed by atoms with Crippen molar-refractivity contribution in [2.75, 3.05) is 7.11 Å². The van der Waals surface area contributed by atoms with Crippen LogP contribution in [0.25, 0.3) is 0 Å². The monoisotopic (exact) mass is 209 g/mol. The zero-order chi connectivity index (χ0) is 11.4. The SMILES string of the molecule is C=C(C)CC(N)c1c(F)cccc1OC. The first-order chi connectivity index (χ1) is 7.06. The second kappa shape index (κ2) is 4.94. The van der Waals surface area contributed by atoms with Gasteiger partial charge in [-0.1, -0.05) is 11.6 Å². The summed E-state index contributed by atoms with van der Waals surface area (Å²) >= 11 is 0. The van der Waals surface area contributed by atoms with Crippen molar-refractivity contribution in [1.29, 1.82) is 0 Å². The summed E-state index contributed by atoms with van der Waals surface area (Å²) in [5, 5.41) is 0. The molecule has 0 aliphatic rings. The second-order valence-corrected chi connectivity index (χ2v) is 3.62. The Bertz CT molecular complexity index is 363. The molecule has 1 unspecified atom stereocenters. The zero-order valence-corrected chi connectivity index (χ0v) is 9.09. The second-order valence-electron chi connectivity index (χ2n) is 3.62. The van der Waals surface area contributed by atoms with Crippen molar-refractivity contribution in [3.05, 3.63) is 41.7 Å². The molecule has 0 aliphatic heterocycles. The Balaban J connectivity index is 3.05. The van der Waals surface area contributed by atoms with Crippen molar-refractivity contribution in [1.82, 2.24) is 0 Å². The van der Waals surface area contributed by atoms with Gasteiger partial charge in [0.05, 0.1) is 7.11 Å². The smallest absolute Gasteiger partial charge is 0.131 e. The van der Waals surface area contributed by atoms with Gasteiger partial charge in [-0.05, 0) is 25.5 Å². The third-order valence-corrected chi connectivity index (χ3v) is 2.17. The molecule has 0 aromatic heterocycles. The molecule has 1 rings (SSSR count). The van der Waals surface area contributed by atoms with E-state index in [2.05, 4.69) is 6.58 Å². The van der Waals surface area contributed by atoms with Crippen LogP contribution in [0.4, 0.5) is 4.39 Å². The molecule has 2 N–H and O–H groups in total. The first-order valence-corrected chi connectivity index (χ1v) is 4.78. The van der Waals surface area contributed by atoms with E-state index in [1.165, 1.54) is 13.2 Å². The van der Waals surface area contributed by atoms with Crippen LogP contribution in [0.1, 0.15) is 24.9 Å². The fourth-order valence-corrected chi connectivity index (χ4v) is 1.53. The fraction of sp³-hybridized carbons (Fsp3) is 0.333. The van der Waals surface area contributed by atoms with Gasteiger partial charge in [0.1, 0.15) is 11.6 Å². The van der Waals surface area contributed by atoms with Gasteiger partial charge in [0.25, 0.3) is 0 Å². The van der Waals surface area contributed by atoms with E-state index in [9.17, 15) is 4.39 Å². The van der Waals surface area contributed by atoms with E-state index >= 15 is 0 Å². The molecule has 1 aromatic rings. The summed E-state index contributed by atoms with van der Waals surface area (Å²) in [5.41, 5.74) is 7.24. The summed E-state index contributed by atoms with van der Waals surface area (Å²) in [4.78, 5) is 0. The maximum Gasteiger partial charge on any atom is 0.131 e. The highest BCUT2D eigenvalue weighted by atomic mass is 19.1. The van der Waals surface area contributed by atoms with Crippen LogP contribution in [0, 0.1) is 5.82 Å². The van der Waals surface area contributed by atoms with Crippen LogP contribution in [0.2, 0.25) is 0 Å². The van der Waals surface area contributed by atoms with Crippen LogP contribution >= 0.6 is 0 Å². The van der Waals surface area contributed by atoms with E-state index in [0.717, 1.165) is 5.57 Å². The lowest BCUT2D eigenvalue weighted by Gasteiger charge is -2.16. The molecule has 0 saturated carbocycles. The minimum atomic E-state index is -0.404. The molecule has 0 saturated heterocycles. The number of ether oxygens (including phenoxy) is 1. The normalized spacial score (nSPS) is 12.3. The molecule has 3 heteroatoms. The Labute approximate surface area is 89.6 Å². The molecule has 82 valence electrons. The Morgan fingerprint density at radius 2 is 2.27 bits per heavy atom. The molecular formula is C12H16FNO. The van der Waals surface area contributed by atoms with E-state index < -0.39 is 6.04 Å². The van der Waals surface area contributed by atoms with Gasteiger partial charge in [0.15, 0.2) is 0 Å². The number of nitrogens with two attached hydrogens (primary N) is 1. The Morgan fingerprint density at radius 1 is 1.60 bits per heavy atom. The Kier molecular flexibility index (Phi) is 3.86. The molecule has 0 heterocycles. The van der Waals surface area contributed by atoms with Crippen LogP contribution in [0.3, 0.4) is 0 Å². The summed E-state index contributed by atoms with van der Waals surface area (Å²) < 4.78 is 18.6. The van der Waals surface area contributed by atoms with E-state index in [0.29, 0.717) is 17.7 Å². The highest BCUT2D eigenvalue weighted by Gasteiger charge is 2.16. The van der Waals surface area contributed by atoms with Gasteiger partial charge in [0.2, 0.25) is 0 Å². The number of hydrogen-bond acceptors (Lipinski definition) is 2. The van der Waals surface area contributed by atoms with Crippen LogP contribution < -0.4 is 10.5 Å². The summed E-state index contributed by atoms with van der Waals surface area (Å²) in [6, 6.07) is 4.29. The molecule has 0 spiro atoms. The van der Waals surface area contributed by atoms with E-state index in [4.69, 9.17) is 10.5 Å². The molecular weight excluding hydrogens is 193 g/mol. The first kappa shape index (κ1) is 11.7. The summed E-state index contributed by atoms with van der Waals surface area (Å²) in [6.07, 6.45) is 0.553. The highest BCUT2D eigenvalue weighted by Crippen LogP contribution is 2.29. The molecule has 0 aliphatic carbocycles. The minimum Gasteiger partial charge on any atom is -0.496 e. The van der Waals surface area contributed by atoms with Crippen LogP contribution in [-0.4, -0.2) is 7.11 Å². The number of rotatable bonds is 4. The number of methoxy groups -OCH3 is 1. The van der Waals surface area contributed by atoms with E-state index in [1.807, 2.05) is 6.92 Å². The van der Waals surface area contributed by atoms with Crippen molar-refractivity contribution in [2.24, 2.45) is 5.73 Å². The summed E-state index contributed by atoms with van der Waals surface area (Å²) in [5.74, 6) is 0.159. The first-order valence-electron chi connectivity index (χ1n) is 4.78. The lowest BCUT2D eigenvalue weighted by Crippen LogP contribution is -2.13. The minimum absolute atomic E-state index is 0.330. The molecule has 0 radical (unpaired) electrons. The van der Waals surface area contributed by atoms with Gasteiger partial charge in [-0.2, -0.15) is 0 Å². The number of hydrogen-bond donors (Lipinski definition) is 1. The number of benzene rings is 1. The van der Waals surface area contributed by atoms with Gasteiger partial charge in [-0.3, -0.25) is 0 Å². The molecule has 1 atom stereocenters. The van der Waals surface area contributed by atoms with Gasteiger partial charge in [-0.25, -0.2) is 4.39 Å². The van der Waals surface area contributed by atoms with Gasteiger partial charge in [-0.15, -0.1) is 6.58 Å². The lowest BCUT2D eigenvalue weighted by molar-refractivity contribution is 0.399. The molecule has 2 nitrogen and oxygen atoms in total. The van der Waals surface area contributed by atoms with E-state index in [1.54, 1.807) is 12.1 Å². The van der Waals surface area contributed by atoms with Crippen LogP contribution in [-0.2, 0) is 0 Å². The average Bonchev–Trinajstić information content (AvgIpc) is 2.15. The van der Waals surface area contributed by atoms with Gasteiger partial charge < -0.3 is 10.5 Å². The lowest BCUT2D eigenvalue weighted by atomic mass is 10.00. The maximum atomic E-state index is 13.5. The van der Waals surface area contributed by atoms with Crippen molar-refractivity contribution < 1.29 is 9.13 Å². The van der Waals surface area contributed by atoms with Gasteiger partial charge >= 0.3 is 0 Å². The Hall–Kier alpha value is -1.35. The largest absolute Gasteiger partial charge is 0.496 e. The topological polar surface area (TPSA) is 35.2 Å². The van der Waals surface area contributed by atoms with Crippen molar-refractivity contribution in [2.45, 2.75) is 19.4 Å². The maximum absolute atomic E-state index is 13.5. The highest BCUT2D eigenvalue weighted by molar-refractivity contribution is 5.37. The van der Waals surface area contributed by atoms with Crippen LogP contribution in [0.5, 0.6) is 5.75 Å². The third kappa shape index (κ3) is 2.80. The molecule has 0 bridgehead atoms. The molecule has 15 heavy (non-hydrogen) atoms. The van der Waals surface area contributed by atoms with Crippen molar-refractivity contribution in [3.63, 3.8) is 0 Å². The van der Waals surface area contributed by atoms with Crippen molar-refractivity contribution in [3.8, 4) is 5.75 Å². The predicted octanol–water partition coefficient (Wildman–Crippen LogP) is 2.80. The summed E-state index contributed by atoms with van der Waals surface area (Å²) in [6.45, 7) is 5.63. The fourth-order valence-electron chi connectivity index (χ4n) is 1.53. The zero-order valence-electron chi connectivity index (χ0n) is 9.09. The molecule has 0 amide bonds. The predicted molar refractivity (Wildman–Crippen MR) is 59.3 cm³/mol. The summed E-state index contributed by atoms with van der Waals surface area (Å²) in [7, 11) is 1.51. The standard InChI is InChI=1S/C12H16FNO/c1-8(2)7-10(14)12-9(13)5-4-6-11(12)15-3/h4-6,10H,1,7,14H2,2-3H3. The molecule has 0 fully saturated rings. The third-order valence-electron chi connectivity index (χ3n) is 2.17. The quantitative estimate of drug-likeness (QED) is 0.774. The van der Waals surface area contributed by atoms with E-state index in [-0.39, 0.29) is 5.82 Å². The molecule has 1 aromatic carbocycles. The van der Waals surface area contributed by atoms with Crippen molar-refractivity contribution >= 4 is 0 Å². The van der Waals surface area contributed by atoms with Crippen LogP contribution in [0.15, 0.2) is 30.4 Å².